The molecule has 0 aromatic carbocycles. The van der Waals surface area contributed by atoms with Gasteiger partial charge in [0, 0.05) is 12.1 Å². The second-order valence-electron chi connectivity index (χ2n) is 3.14. The van der Waals surface area contributed by atoms with Crippen molar-refractivity contribution >= 4 is 15.9 Å². The van der Waals surface area contributed by atoms with Crippen molar-refractivity contribution in [1.82, 2.24) is 14.9 Å². The zero-order valence-corrected chi connectivity index (χ0v) is 9.56. The van der Waals surface area contributed by atoms with Crippen molar-refractivity contribution in [3.8, 4) is 0 Å². The maximum Gasteiger partial charge on any atom is 0.267 e. The molecule has 5 nitrogen and oxygen atoms in total. The highest BCUT2D eigenvalue weighted by Gasteiger charge is 2.04. The topological polar surface area (TPSA) is 60.9 Å². The molecule has 2 aromatic heterocycles. The third-order valence-electron chi connectivity index (χ3n) is 1.84. The summed E-state index contributed by atoms with van der Waals surface area (Å²) in [6, 6.07) is 3.23. The number of hydrogen-bond donors (Lipinski definition) is 0. The van der Waals surface area contributed by atoms with E-state index in [1.807, 2.05) is 6.92 Å². The van der Waals surface area contributed by atoms with E-state index in [1.165, 1.54) is 10.7 Å². The van der Waals surface area contributed by atoms with E-state index in [0.29, 0.717) is 10.4 Å². The van der Waals surface area contributed by atoms with Gasteiger partial charge in [-0.25, -0.2) is 4.68 Å². The summed E-state index contributed by atoms with van der Waals surface area (Å²) in [7, 11) is 0. The lowest BCUT2D eigenvalue weighted by molar-refractivity contribution is 0.365. The summed E-state index contributed by atoms with van der Waals surface area (Å²) in [5.41, 5.74) is 0.692. The molecule has 0 bridgehead atoms. The van der Waals surface area contributed by atoms with Crippen LogP contribution in [0.1, 0.15) is 11.3 Å². The van der Waals surface area contributed by atoms with Gasteiger partial charge >= 0.3 is 0 Å². The SMILES string of the molecule is Cc1cnn(Cc2cc(Br)no2)c(=O)c1. The third-order valence-corrected chi connectivity index (χ3v) is 2.22. The number of rotatable bonds is 2. The van der Waals surface area contributed by atoms with Gasteiger partial charge in [-0.1, -0.05) is 5.16 Å². The Morgan fingerprint density at radius 3 is 2.93 bits per heavy atom. The molecule has 0 unspecified atom stereocenters. The molecule has 0 radical (unpaired) electrons. The minimum absolute atomic E-state index is 0.150. The summed E-state index contributed by atoms with van der Waals surface area (Å²) in [6.45, 7) is 2.11. The molecule has 2 aromatic rings. The minimum Gasteiger partial charge on any atom is -0.358 e. The predicted octanol–water partition coefficient (Wildman–Crippen LogP) is 1.35. The number of nitrogens with zero attached hydrogens (tertiary/aromatic N) is 3. The van der Waals surface area contributed by atoms with E-state index in [9.17, 15) is 4.79 Å². The first-order chi connectivity index (χ1) is 7.15. The van der Waals surface area contributed by atoms with E-state index in [1.54, 1.807) is 12.3 Å². The smallest absolute Gasteiger partial charge is 0.267 e. The van der Waals surface area contributed by atoms with Gasteiger partial charge in [-0.05, 0) is 28.4 Å². The van der Waals surface area contributed by atoms with Crippen LogP contribution in [0.5, 0.6) is 0 Å². The van der Waals surface area contributed by atoms with Crippen LogP contribution in [0, 0.1) is 6.92 Å². The summed E-state index contributed by atoms with van der Waals surface area (Å²) < 4.78 is 6.89. The molecule has 78 valence electrons. The molecule has 0 aliphatic rings. The van der Waals surface area contributed by atoms with Crippen LogP contribution in [0.15, 0.2) is 32.3 Å². The summed E-state index contributed by atoms with van der Waals surface area (Å²) in [5.74, 6) is 0.584. The Kier molecular flexibility index (Phi) is 2.68. The van der Waals surface area contributed by atoms with Crippen molar-refractivity contribution in [2.75, 3.05) is 0 Å². The van der Waals surface area contributed by atoms with Crippen LogP contribution in [0.4, 0.5) is 0 Å². The molecule has 0 saturated heterocycles. The van der Waals surface area contributed by atoms with E-state index in [-0.39, 0.29) is 12.1 Å². The molecule has 0 N–H and O–H groups in total. The highest BCUT2D eigenvalue weighted by Crippen LogP contribution is 2.09. The largest absolute Gasteiger partial charge is 0.358 e. The number of aryl methyl sites for hydroxylation is 1. The molecule has 0 fully saturated rings. The second-order valence-corrected chi connectivity index (χ2v) is 3.96. The summed E-state index contributed by atoms with van der Waals surface area (Å²) in [4.78, 5) is 11.5. The van der Waals surface area contributed by atoms with Gasteiger partial charge in [0.05, 0.1) is 6.20 Å². The van der Waals surface area contributed by atoms with Gasteiger partial charge in [0.15, 0.2) is 5.76 Å². The average Bonchev–Trinajstić information content (AvgIpc) is 2.56. The lowest BCUT2D eigenvalue weighted by Gasteiger charge is -2.00. The second kappa shape index (κ2) is 3.98. The molecule has 0 amide bonds. The van der Waals surface area contributed by atoms with Crippen molar-refractivity contribution in [1.29, 1.82) is 0 Å². The van der Waals surface area contributed by atoms with Gasteiger partial charge in [-0.15, -0.1) is 0 Å². The molecule has 2 heterocycles. The van der Waals surface area contributed by atoms with Crippen LogP contribution >= 0.6 is 15.9 Å². The van der Waals surface area contributed by atoms with E-state index >= 15 is 0 Å². The third kappa shape index (κ3) is 2.33. The Morgan fingerprint density at radius 1 is 1.53 bits per heavy atom. The molecular formula is C9H8BrN3O2. The Bertz CT molecular complexity index is 532. The fraction of sp³-hybridized carbons (Fsp3) is 0.222. The van der Waals surface area contributed by atoms with Crippen LogP contribution in [0.25, 0.3) is 0 Å². The van der Waals surface area contributed by atoms with Gasteiger partial charge in [-0.3, -0.25) is 4.79 Å². The Morgan fingerprint density at radius 2 is 2.33 bits per heavy atom. The predicted molar refractivity (Wildman–Crippen MR) is 56.5 cm³/mol. The first-order valence-corrected chi connectivity index (χ1v) is 5.09. The zero-order valence-electron chi connectivity index (χ0n) is 7.98. The molecule has 2 rings (SSSR count). The maximum absolute atomic E-state index is 11.5. The molecule has 6 heteroatoms. The molecule has 0 aliphatic heterocycles. The van der Waals surface area contributed by atoms with Crippen molar-refractivity contribution < 1.29 is 4.52 Å². The molecule has 0 saturated carbocycles. The fourth-order valence-electron chi connectivity index (χ4n) is 1.15. The van der Waals surface area contributed by atoms with Crippen molar-refractivity contribution in [3.63, 3.8) is 0 Å². The number of aromatic nitrogens is 3. The van der Waals surface area contributed by atoms with Gasteiger partial charge < -0.3 is 4.52 Å². The van der Waals surface area contributed by atoms with E-state index in [2.05, 4.69) is 26.2 Å². The van der Waals surface area contributed by atoms with Crippen molar-refractivity contribution in [3.05, 3.63) is 44.6 Å². The summed E-state index contributed by atoms with van der Waals surface area (Å²) in [6.07, 6.45) is 1.63. The first-order valence-electron chi connectivity index (χ1n) is 4.30. The Labute approximate surface area is 93.8 Å². The van der Waals surface area contributed by atoms with Crippen LogP contribution in [-0.2, 0) is 6.54 Å². The molecule has 15 heavy (non-hydrogen) atoms. The summed E-state index contributed by atoms with van der Waals surface area (Å²) >= 11 is 3.16. The standard InChI is InChI=1S/C9H8BrN3O2/c1-6-2-9(14)13(11-4-6)5-7-3-8(10)12-15-7/h2-4H,5H2,1H3. The fourth-order valence-corrected chi connectivity index (χ4v) is 1.48. The summed E-state index contributed by atoms with van der Waals surface area (Å²) in [5, 5.41) is 7.64. The lowest BCUT2D eigenvalue weighted by atomic mass is 10.3. The maximum atomic E-state index is 11.5. The number of hydrogen-bond acceptors (Lipinski definition) is 4. The monoisotopic (exact) mass is 269 g/mol. The van der Waals surface area contributed by atoms with Gasteiger partial charge in [-0.2, -0.15) is 5.10 Å². The van der Waals surface area contributed by atoms with E-state index in [0.717, 1.165) is 5.56 Å². The zero-order chi connectivity index (χ0) is 10.8. The average molecular weight is 270 g/mol. The van der Waals surface area contributed by atoms with E-state index in [4.69, 9.17) is 4.52 Å². The van der Waals surface area contributed by atoms with Gasteiger partial charge in [0.25, 0.3) is 5.56 Å². The normalized spacial score (nSPS) is 10.5. The Hall–Kier alpha value is -1.43. The lowest BCUT2D eigenvalue weighted by Crippen LogP contribution is -2.22. The Balaban J connectivity index is 2.28. The van der Waals surface area contributed by atoms with Crippen LogP contribution in [-0.4, -0.2) is 14.9 Å². The van der Waals surface area contributed by atoms with Gasteiger partial charge in [0.1, 0.15) is 11.1 Å². The highest BCUT2D eigenvalue weighted by atomic mass is 79.9. The molecule has 0 spiro atoms. The molecule has 0 aliphatic carbocycles. The van der Waals surface area contributed by atoms with E-state index < -0.39 is 0 Å². The number of halogens is 1. The van der Waals surface area contributed by atoms with Crippen LogP contribution in [0.2, 0.25) is 0 Å². The highest BCUT2D eigenvalue weighted by molar-refractivity contribution is 9.10. The quantitative estimate of drug-likeness (QED) is 0.826. The van der Waals surface area contributed by atoms with Crippen LogP contribution < -0.4 is 5.56 Å². The molecular weight excluding hydrogens is 262 g/mol. The van der Waals surface area contributed by atoms with Crippen LogP contribution in [0.3, 0.4) is 0 Å². The van der Waals surface area contributed by atoms with Crippen molar-refractivity contribution in [2.24, 2.45) is 0 Å². The van der Waals surface area contributed by atoms with Gasteiger partial charge in [0.2, 0.25) is 0 Å². The first kappa shape index (κ1) is 10.1. The molecule has 0 atom stereocenters. The van der Waals surface area contributed by atoms with Crippen molar-refractivity contribution in [2.45, 2.75) is 13.5 Å². The minimum atomic E-state index is -0.150.